The van der Waals surface area contributed by atoms with Crippen molar-refractivity contribution in [3.63, 3.8) is 0 Å². The van der Waals surface area contributed by atoms with Gasteiger partial charge in [-0.2, -0.15) is 0 Å². The van der Waals surface area contributed by atoms with Crippen LogP contribution >= 0.6 is 0 Å². The highest BCUT2D eigenvalue weighted by molar-refractivity contribution is 5.90. The number of amides is 2. The van der Waals surface area contributed by atoms with Crippen molar-refractivity contribution >= 4 is 11.8 Å². The normalized spacial score (nSPS) is 19.9. The maximum absolute atomic E-state index is 14.0. The van der Waals surface area contributed by atoms with Crippen LogP contribution in [0.4, 0.5) is 8.78 Å². The largest absolute Gasteiger partial charge is 0.353 e. The lowest BCUT2D eigenvalue weighted by molar-refractivity contribution is -0.148. The zero-order chi connectivity index (χ0) is 19.7. The number of nitrogens with one attached hydrogen (secondary N) is 1. The Morgan fingerprint density at radius 1 is 1.11 bits per heavy atom. The molecule has 4 nitrogen and oxygen atoms in total. The molecular formula is C22H22F2N2O2. The van der Waals surface area contributed by atoms with Gasteiger partial charge in [-0.3, -0.25) is 9.59 Å². The van der Waals surface area contributed by atoms with Crippen LogP contribution in [0.15, 0.2) is 42.5 Å². The van der Waals surface area contributed by atoms with Gasteiger partial charge in [-0.25, -0.2) is 8.78 Å². The summed E-state index contributed by atoms with van der Waals surface area (Å²) in [7, 11) is 0. The molecule has 1 saturated carbocycles. The van der Waals surface area contributed by atoms with Gasteiger partial charge in [0.05, 0.1) is 0 Å². The van der Waals surface area contributed by atoms with Gasteiger partial charge in [-0.15, -0.1) is 0 Å². The van der Waals surface area contributed by atoms with E-state index in [1.807, 2.05) is 0 Å². The zero-order valence-corrected chi connectivity index (χ0v) is 15.5. The van der Waals surface area contributed by atoms with E-state index in [0.717, 1.165) is 30.9 Å². The average molecular weight is 384 g/mol. The Labute approximate surface area is 162 Å². The van der Waals surface area contributed by atoms with Crippen LogP contribution in [0, 0.1) is 17.6 Å². The van der Waals surface area contributed by atoms with E-state index in [-0.39, 0.29) is 23.3 Å². The third kappa shape index (κ3) is 3.51. The van der Waals surface area contributed by atoms with Gasteiger partial charge in [-0.05, 0) is 30.0 Å². The van der Waals surface area contributed by atoms with Crippen molar-refractivity contribution in [3.05, 3.63) is 59.7 Å². The Morgan fingerprint density at radius 3 is 2.54 bits per heavy atom. The van der Waals surface area contributed by atoms with E-state index < -0.39 is 17.7 Å². The average Bonchev–Trinajstić information content (AvgIpc) is 2.65. The molecule has 1 aliphatic carbocycles. The van der Waals surface area contributed by atoms with Gasteiger partial charge < -0.3 is 10.2 Å². The highest BCUT2D eigenvalue weighted by Gasteiger charge is 2.37. The molecule has 2 amide bonds. The number of piperazine rings is 1. The topological polar surface area (TPSA) is 49.4 Å². The maximum Gasteiger partial charge on any atom is 0.243 e. The molecule has 1 aliphatic heterocycles. The lowest BCUT2D eigenvalue weighted by Gasteiger charge is -2.39. The van der Waals surface area contributed by atoms with Crippen molar-refractivity contribution in [2.75, 3.05) is 13.1 Å². The maximum atomic E-state index is 14.0. The summed E-state index contributed by atoms with van der Waals surface area (Å²) < 4.78 is 27.5. The number of rotatable bonds is 4. The number of carbonyl (C=O) groups excluding carboxylic acids is 2. The zero-order valence-electron chi connectivity index (χ0n) is 15.5. The highest BCUT2D eigenvalue weighted by atomic mass is 19.2. The number of hydrogen-bond acceptors (Lipinski definition) is 2. The molecule has 2 aromatic carbocycles. The molecule has 1 atom stereocenters. The molecule has 146 valence electrons. The molecule has 2 aliphatic rings. The van der Waals surface area contributed by atoms with Crippen molar-refractivity contribution in [3.8, 4) is 11.1 Å². The summed E-state index contributed by atoms with van der Waals surface area (Å²) in [6.07, 6.45) is 3.27. The van der Waals surface area contributed by atoms with Crippen molar-refractivity contribution in [2.24, 2.45) is 5.92 Å². The van der Waals surface area contributed by atoms with Gasteiger partial charge in [0, 0.05) is 31.0 Å². The van der Waals surface area contributed by atoms with Crippen molar-refractivity contribution in [1.82, 2.24) is 10.2 Å². The summed E-state index contributed by atoms with van der Waals surface area (Å²) >= 11 is 0. The summed E-state index contributed by atoms with van der Waals surface area (Å²) in [6.45, 7) is 1.00. The Kier molecular flexibility index (Phi) is 5.11. The summed E-state index contributed by atoms with van der Waals surface area (Å²) in [4.78, 5) is 26.8. The van der Waals surface area contributed by atoms with Crippen LogP contribution in [-0.2, 0) is 16.0 Å². The Bertz CT molecular complexity index is 894. The molecule has 1 N–H and O–H groups in total. The van der Waals surface area contributed by atoms with E-state index in [4.69, 9.17) is 0 Å². The monoisotopic (exact) mass is 384 g/mol. The second kappa shape index (κ2) is 7.70. The first-order valence-electron chi connectivity index (χ1n) is 9.66. The van der Waals surface area contributed by atoms with Gasteiger partial charge in [0.2, 0.25) is 11.8 Å². The van der Waals surface area contributed by atoms with Gasteiger partial charge in [0.25, 0.3) is 0 Å². The highest BCUT2D eigenvalue weighted by Crippen LogP contribution is 2.30. The van der Waals surface area contributed by atoms with Gasteiger partial charge in [0.1, 0.15) is 6.04 Å². The second-order valence-corrected chi connectivity index (χ2v) is 7.47. The fraction of sp³-hybridized carbons (Fsp3) is 0.364. The molecule has 0 bridgehead atoms. The Hall–Kier alpha value is -2.76. The first-order valence-corrected chi connectivity index (χ1v) is 9.66. The number of carbonyl (C=O) groups is 2. The standard InChI is InChI=1S/C22H22F2N2O2/c23-18-6-2-5-17(20(18)24)15-9-7-14(8-10-15)13-19-21(27)25-11-12-26(19)22(28)16-3-1-4-16/h2,5-10,16,19H,1,3-4,11-13H2,(H,25,27)/t19-/m1/s1. The predicted octanol–water partition coefficient (Wildman–Crippen LogP) is 3.30. The van der Waals surface area contributed by atoms with Crippen LogP contribution < -0.4 is 5.32 Å². The number of benzene rings is 2. The number of halogens is 2. The first kappa shape index (κ1) is 18.6. The lowest BCUT2D eigenvalue weighted by Crippen LogP contribution is -2.59. The third-order valence-electron chi connectivity index (χ3n) is 5.71. The second-order valence-electron chi connectivity index (χ2n) is 7.47. The summed E-state index contributed by atoms with van der Waals surface area (Å²) in [6, 6.07) is 10.6. The van der Waals surface area contributed by atoms with E-state index in [0.29, 0.717) is 25.1 Å². The Morgan fingerprint density at radius 2 is 1.86 bits per heavy atom. The van der Waals surface area contributed by atoms with Gasteiger partial charge in [-0.1, -0.05) is 42.8 Å². The molecule has 0 unspecified atom stereocenters. The van der Waals surface area contributed by atoms with Crippen molar-refractivity contribution < 1.29 is 18.4 Å². The number of nitrogens with zero attached hydrogens (tertiary/aromatic N) is 1. The minimum atomic E-state index is -0.884. The molecule has 1 heterocycles. The van der Waals surface area contributed by atoms with E-state index in [9.17, 15) is 18.4 Å². The molecule has 28 heavy (non-hydrogen) atoms. The fourth-order valence-corrected chi connectivity index (χ4v) is 3.84. The van der Waals surface area contributed by atoms with Crippen LogP contribution in [0.5, 0.6) is 0 Å². The molecule has 4 rings (SSSR count). The smallest absolute Gasteiger partial charge is 0.243 e. The first-order chi connectivity index (χ1) is 13.5. The van der Waals surface area contributed by atoms with Crippen molar-refractivity contribution in [1.29, 1.82) is 0 Å². The minimum Gasteiger partial charge on any atom is -0.353 e. The van der Waals surface area contributed by atoms with Crippen molar-refractivity contribution in [2.45, 2.75) is 31.7 Å². The quantitative estimate of drug-likeness (QED) is 0.879. The minimum absolute atomic E-state index is 0.0479. The summed E-state index contributed by atoms with van der Waals surface area (Å²) in [5, 5.41) is 2.84. The van der Waals surface area contributed by atoms with Crippen LogP contribution in [0.2, 0.25) is 0 Å². The Balaban J connectivity index is 1.52. The van der Waals surface area contributed by atoms with E-state index in [1.165, 1.54) is 12.1 Å². The molecule has 6 heteroatoms. The fourth-order valence-electron chi connectivity index (χ4n) is 3.84. The van der Waals surface area contributed by atoms with E-state index in [1.54, 1.807) is 29.2 Å². The molecule has 0 spiro atoms. The van der Waals surface area contributed by atoms with Gasteiger partial charge in [0.15, 0.2) is 11.6 Å². The lowest BCUT2D eigenvalue weighted by atomic mass is 9.83. The van der Waals surface area contributed by atoms with Crippen LogP contribution in [0.1, 0.15) is 24.8 Å². The molecule has 0 radical (unpaired) electrons. The van der Waals surface area contributed by atoms with Crippen LogP contribution in [0.25, 0.3) is 11.1 Å². The van der Waals surface area contributed by atoms with E-state index >= 15 is 0 Å². The summed E-state index contributed by atoms with van der Waals surface area (Å²) in [5.41, 5.74) is 1.63. The van der Waals surface area contributed by atoms with Crippen LogP contribution in [0.3, 0.4) is 0 Å². The summed E-state index contributed by atoms with van der Waals surface area (Å²) in [5.74, 6) is -1.78. The van der Waals surface area contributed by atoms with Crippen LogP contribution in [-0.4, -0.2) is 35.8 Å². The SMILES string of the molecule is O=C1NCCN(C(=O)C2CCC2)[C@@H]1Cc1ccc(-c2cccc(F)c2F)cc1. The molecular weight excluding hydrogens is 362 g/mol. The van der Waals surface area contributed by atoms with E-state index in [2.05, 4.69) is 5.32 Å². The van der Waals surface area contributed by atoms with Gasteiger partial charge >= 0.3 is 0 Å². The third-order valence-corrected chi connectivity index (χ3v) is 5.71. The number of hydrogen-bond donors (Lipinski definition) is 1. The molecule has 2 aromatic rings. The molecule has 0 aromatic heterocycles. The molecule has 2 fully saturated rings. The predicted molar refractivity (Wildman–Crippen MR) is 101 cm³/mol. The molecule has 1 saturated heterocycles.